The maximum absolute atomic E-state index is 5.76. The lowest BCUT2D eigenvalue weighted by Crippen LogP contribution is -2.03. The first-order valence-electron chi connectivity index (χ1n) is 6.17. The van der Waals surface area contributed by atoms with Crippen LogP contribution < -0.4 is 11.1 Å². The summed E-state index contributed by atoms with van der Waals surface area (Å²) in [6.45, 7) is 3.14. The van der Waals surface area contributed by atoms with E-state index >= 15 is 0 Å². The summed E-state index contributed by atoms with van der Waals surface area (Å²) in [6, 6.07) is 5.91. The van der Waals surface area contributed by atoms with Gasteiger partial charge in [0.05, 0.1) is 4.47 Å². The summed E-state index contributed by atoms with van der Waals surface area (Å²) in [4.78, 5) is 8.71. The van der Waals surface area contributed by atoms with E-state index in [-0.39, 0.29) is 0 Å². The molecule has 0 bridgehead atoms. The van der Waals surface area contributed by atoms with Crippen molar-refractivity contribution in [2.24, 2.45) is 0 Å². The van der Waals surface area contributed by atoms with Crippen molar-refractivity contribution in [2.45, 2.75) is 26.2 Å². The van der Waals surface area contributed by atoms with Crippen molar-refractivity contribution in [3.8, 4) is 0 Å². The molecule has 0 spiro atoms. The molecular weight excluding hydrogens is 292 g/mol. The smallest absolute Gasteiger partial charge is 0.163 e. The van der Waals surface area contributed by atoms with Gasteiger partial charge in [0.1, 0.15) is 11.6 Å². The number of nitrogens with two attached hydrogens (primary N) is 1. The number of nitrogens with zero attached hydrogens (tertiary/aromatic N) is 2. The van der Waals surface area contributed by atoms with Gasteiger partial charge in [0.2, 0.25) is 0 Å². The molecule has 0 saturated carbocycles. The Morgan fingerprint density at radius 1 is 1.28 bits per heavy atom. The average molecular weight is 309 g/mol. The van der Waals surface area contributed by atoms with Crippen LogP contribution in [0.1, 0.15) is 26.2 Å². The minimum atomic E-state index is 0.470. The molecule has 5 heteroatoms. The van der Waals surface area contributed by atoms with E-state index in [4.69, 9.17) is 5.73 Å². The van der Waals surface area contributed by atoms with Crippen molar-refractivity contribution in [1.29, 1.82) is 0 Å². The van der Waals surface area contributed by atoms with Gasteiger partial charge in [-0.2, -0.15) is 0 Å². The third-order valence-electron chi connectivity index (χ3n) is 2.75. The van der Waals surface area contributed by atoms with Crippen LogP contribution in [-0.4, -0.2) is 16.5 Å². The highest BCUT2D eigenvalue weighted by Crippen LogP contribution is 2.23. The lowest BCUT2D eigenvalue weighted by atomic mass is 10.2. The molecule has 2 rings (SSSR count). The number of nitrogen functional groups attached to an aromatic ring is 1. The molecule has 0 aliphatic carbocycles. The minimum Gasteiger partial charge on any atom is -0.383 e. The number of aromatic nitrogens is 2. The molecule has 3 N–H and O–H groups in total. The standard InChI is InChI=1S/C13H17BrN4/c1-2-3-4-7-16-11-6-5-9-8-10(14)12(15)18-13(9)17-11/h5-6,8H,2-4,7H2,1H3,(H3,15,16,17,18). The second-order valence-electron chi connectivity index (χ2n) is 4.23. The number of fused-ring (bicyclic) bond motifs is 1. The number of hydrogen-bond acceptors (Lipinski definition) is 4. The Balaban J connectivity index is 2.14. The first-order valence-corrected chi connectivity index (χ1v) is 6.96. The molecule has 0 atom stereocenters. The Morgan fingerprint density at radius 2 is 2.11 bits per heavy atom. The van der Waals surface area contributed by atoms with Crippen LogP contribution in [0.25, 0.3) is 11.0 Å². The number of halogens is 1. The van der Waals surface area contributed by atoms with Crippen molar-refractivity contribution in [1.82, 2.24) is 9.97 Å². The van der Waals surface area contributed by atoms with Gasteiger partial charge in [0.25, 0.3) is 0 Å². The highest BCUT2D eigenvalue weighted by atomic mass is 79.9. The van der Waals surface area contributed by atoms with Gasteiger partial charge in [-0.25, -0.2) is 9.97 Å². The van der Waals surface area contributed by atoms with Gasteiger partial charge in [-0.1, -0.05) is 19.8 Å². The average Bonchev–Trinajstić information content (AvgIpc) is 2.36. The summed E-state index contributed by atoms with van der Waals surface area (Å²) >= 11 is 3.36. The van der Waals surface area contributed by atoms with E-state index in [9.17, 15) is 0 Å². The zero-order valence-electron chi connectivity index (χ0n) is 10.4. The normalized spacial score (nSPS) is 10.8. The van der Waals surface area contributed by atoms with E-state index in [1.165, 1.54) is 12.8 Å². The van der Waals surface area contributed by atoms with Crippen molar-refractivity contribution < 1.29 is 0 Å². The van der Waals surface area contributed by atoms with Gasteiger partial charge < -0.3 is 11.1 Å². The summed E-state index contributed by atoms with van der Waals surface area (Å²) in [5.74, 6) is 1.32. The molecule has 0 saturated heterocycles. The molecule has 0 aliphatic heterocycles. The SMILES string of the molecule is CCCCCNc1ccc2cc(Br)c(N)nc2n1. The van der Waals surface area contributed by atoms with Crippen LogP contribution in [0.4, 0.5) is 11.6 Å². The van der Waals surface area contributed by atoms with Crippen molar-refractivity contribution in [3.63, 3.8) is 0 Å². The number of rotatable bonds is 5. The van der Waals surface area contributed by atoms with Gasteiger partial charge >= 0.3 is 0 Å². The minimum absolute atomic E-state index is 0.470. The first-order chi connectivity index (χ1) is 8.70. The van der Waals surface area contributed by atoms with Crippen LogP contribution in [-0.2, 0) is 0 Å². The van der Waals surface area contributed by atoms with Crippen LogP contribution in [0, 0.1) is 0 Å². The molecule has 18 heavy (non-hydrogen) atoms. The maximum atomic E-state index is 5.76. The van der Waals surface area contributed by atoms with Gasteiger partial charge in [-0.3, -0.25) is 0 Å². The second-order valence-corrected chi connectivity index (χ2v) is 5.09. The zero-order chi connectivity index (χ0) is 13.0. The Hall–Kier alpha value is -1.36. The molecule has 0 fully saturated rings. The van der Waals surface area contributed by atoms with Gasteiger partial charge in [0.15, 0.2) is 5.65 Å². The van der Waals surface area contributed by atoms with E-state index in [0.717, 1.165) is 28.6 Å². The van der Waals surface area contributed by atoms with Crippen LogP contribution in [0.2, 0.25) is 0 Å². The van der Waals surface area contributed by atoms with E-state index in [0.29, 0.717) is 11.5 Å². The number of unbranched alkanes of at least 4 members (excludes halogenated alkanes) is 2. The van der Waals surface area contributed by atoms with Gasteiger partial charge in [-0.05, 0) is 40.5 Å². The molecule has 0 amide bonds. The van der Waals surface area contributed by atoms with Crippen molar-refractivity contribution >= 4 is 38.6 Å². The number of nitrogens with one attached hydrogen (secondary N) is 1. The number of hydrogen-bond donors (Lipinski definition) is 2. The summed E-state index contributed by atoms with van der Waals surface area (Å²) in [6.07, 6.45) is 3.61. The molecule has 0 aliphatic rings. The number of pyridine rings is 2. The first kappa shape index (κ1) is 13.1. The van der Waals surface area contributed by atoms with Crippen LogP contribution in [0.3, 0.4) is 0 Å². The van der Waals surface area contributed by atoms with Crippen molar-refractivity contribution in [3.05, 3.63) is 22.7 Å². The van der Waals surface area contributed by atoms with E-state index in [1.54, 1.807) is 0 Å². The van der Waals surface area contributed by atoms with Crippen LogP contribution in [0.15, 0.2) is 22.7 Å². The molecule has 0 radical (unpaired) electrons. The van der Waals surface area contributed by atoms with Crippen LogP contribution >= 0.6 is 15.9 Å². The van der Waals surface area contributed by atoms with E-state index in [1.807, 2.05) is 18.2 Å². The van der Waals surface area contributed by atoms with E-state index in [2.05, 4.69) is 38.1 Å². The second kappa shape index (κ2) is 6.00. The Bertz CT molecular complexity index is 542. The molecular formula is C13H17BrN4. The molecule has 96 valence electrons. The predicted octanol–water partition coefficient (Wildman–Crippen LogP) is 3.58. The molecule has 4 nitrogen and oxygen atoms in total. The fourth-order valence-electron chi connectivity index (χ4n) is 1.73. The lowest BCUT2D eigenvalue weighted by molar-refractivity contribution is 0.742. The Kier molecular flexibility index (Phi) is 4.36. The summed E-state index contributed by atoms with van der Waals surface area (Å²) in [5, 5.41) is 4.28. The molecule has 0 aromatic carbocycles. The largest absolute Gasteiger partial charge is 0.383 e. The highest BCUT2D eigenvalue weighted by Gasteiger charge is 2.03. The highest BCUT2D eigenvalue weighted by molar-refractivity contribution is 9.10. The molecule has 2 aromatic rings. The predicted molar refractivity (Wildman–Crippen MR) is 79.7 cm³/mol. The van der Waals surface area contributed by atoms with Crippen molar-refractivity contribution in [2.75, 3.05) is 17.6 Å². The lowest BCUT2D eigenvalue weighted by Gasteiger charge is -2.06. The van der Waals surface area contributed by atoms with E-state index < -0.39 is 0 Å². The molecule has 2 aromatic heterocycles. The zero-order valence-corrected chi connectivity index (χ0v) is 12.0. The fraction of sp³-hybridized carbons (Fsp3) is 0.385. The third kappa shape index (κ3) is 3.10. The van der Waals surface area contributed by atoms with Crippen LogP contribution in [0.5, 0.6) is 0 Å². The molecule has 2 heterocycles. The third-order valence-corrected chi connectivity index (χ3v) is 3.38. The summed E-state index contributed by atoms with van der Waals surface area (Å²) < 4.78 is 0.806. The number of anilines is 2. The summed E-state index contributed by atoms with van der Waals surface area (Å²) in [7, 11) is 0. The fourth-order valence-corrected chi connectivity index (χ4v) is 2.06. The Labute approximate surface area is 115 Å². The monoisotopic (exact) mass is 308 g/mol. The van der Waals surface area contributed by atoms with Gasteiger partial charge in [-0.15, -0.1) is 0 Å². The Morgan fingerprint density at radius 3 is 2.89 bits per heavy atom. The molecule has 0 unspecified atom stereocenters. The summed E-state index contributed by atoms with van der Waals surface area (Å²) in [5.41, 5.74) is 6.43. The topological polar surface area (TPSA) is 63.8 Å². The quantitative estimate of drug-likeness (QED) is 0.829. The van der Waals surface area contributed by atoms with Gasteiger partial charge in [0, 0.05) is 11.9 Å². The maximum Gasteiger partial charge on any atom is 0.163 e.